The maximum Gasteiger partial charge on any atom is 0.242 e. The topological polar surface area (TPSA) is 223 Å². The van der Waals surface area contributed by atoms with Crippen LogP contribution in [0.25, 0.3) is 33.5 Å². The van der Waals surface area contributed by atoms with Crippen LogP contribution in [0.4, 0.5) is 5.95 Å². The first kappa shape index (κ1) is 33.5. The van der Waals surface area contributed by atoms with E-state index in [0.29, 0.717) is 39.2 Å². The van der Waals surface area contributed by atoms with Gasteiger partial charge in [0, 0.05) is 13.1 Å². The lowest BCUT2D eigenvalue weighted by Gasteiger charge is -2.18. The molecule has 0 bridgehead atoms. The highest BCUT2D eigenvalue weighted by molar-refractivity contribution is 7.93. The summed E-state index contributed by atoms with van der Waals surface area (Å²) < 4.78 is 69.1. The van der Waals surface area contributed by atoms with Crippen molar-refractivity contribution in [3.63, 3.8) is 0 Å². The second kappa shape index (κ2) is 13.6. The van der Waals surface area contributed by atoms with Crippen molar-refractivity contribution in [3.8, 4) is 34.0 Å². The van der Waals surface area contributed by atoms with Crippen LogP contribution in [0.3, 0.4) is 0 Å². The molecule has 0 spiro atoms. The van der Waals surface area contributed by atoms with Crippen LogP contribution in [0, 0.1) is 0 Å². The van der Waals surface area contributed by atoms with E-state index in [1.54, 1.807) is 61.7 Å². The lowest BCUT2D eigenvalue weighted by atomic mass is 9.98. The minimum absolute atomic E-state index is 0.0619. The first-order valence-corrected chi connectivity index (χ1v) is 18.0. The highest BCUT2D eigenvalue weighted by Gasteiger charge is 2.34. The molecular formula is C32H33N9O6S2. The van der Waals surface area contributed by atoms with Crippen LogP contribution >= 0.6 is 0 Å². The van der Waals surface area contributed by atoms with Crippen LogP contribution in [0.2, 0.25) is 0 Å². The number of H-pyrrole nitrogens is 1. The number of hydrogen-bond acceptors (Lipinski definition) is 12. The lowest BCUT2D eigenvalue weighted by molar-refractivity contribution is 0.414. The molecule has 0 saturated carbocycles. The van der Waals surface area contributed by atoms with E-state index in [-0.39, 0.29) is 37.0 Å². The molecule has 0 saturated heterocycles. The SMILES string of the molecule is COc1ccc(CNS(=O)(=O)c2c(S(=O)(=O)CCN)ccc(-c3ccc4nc(N)[nH]c4c3)c2-c2nnn(Cc3ccc(OC)cc3)n2)cc1. The molecule has 6 aromatic rings. The third-order valence-corrected chi connectivity index (χ3v) is 11.1. The third-order valence-electron chi connectivity index (χ3n) is 7.71. The molecule has 2 heterocycles. The van der Waals surface area contributed by atoms with E-state index in [2.05, 4.69) is 30.1 Å². The Bertz CT molecular complexity index is 2340. The zero-order chi connectivity index (χ0) is 34.8. The van der Waals surface area contributed by atoms with E-state index >= 15 is 0 Å². The fraction of sp³-hybridized carbons (Fsp3) is 0.188. The monoisotopic (exact) mass is 703 g/mol. The molecule has 0 aliphatic rings. The molecule has 0 fully saturated rings. The van der Waals surface area contributed by atoms with E-state index in [1.165, 1.54) is 24.0 Å². The number of nitrogens with two attached hydrogens (primary N) is 2. The lowest BCUT2D eigenvalue weighted by Crippen LogP contribution is -2.27. The summed E-state index contributed by atoms with van der Waals surface area (Å²) >= 11 is 0. The van der Waals surface area contributed by atoms with Crippen molar-refractivity contribution in [2.45, 2.75) is 22.9 Å². The van der Waals surface area contributed by atoms with Gasteiger partial charge in [-0.15, -0.1) is 10.2 Å². The van der Waals surface area contributed by atoms with E-state index in [9.17, 15) is 16.8 Å². The fourth-order valence-corrected chi connectivity index (χ4v) is 8.50. The van der Waals surface area contributed by atoms with Gasteiger partial charge in [-0.25, -0.2) is 26.5 Å². The third kappa shape index (κ3) is 7.09. The Morgan fingerprint density at radius 2 is 1.55 bits per heavy atom. The number of nitrogen functional groups attached to an aromatic ring is 1. The number of benzene rings is 4. The molecule has 49 heavy (non-hydrogen) atoms. The standard InChI is InChI=1S/C32H33N9O6S2/c1-46-23-8-3-20(4-9-23)18-35-49(44,45)30-28(48(42,43)16-15-33)14-12-25(22-7-13-26-27(17-22)37-32(34)36-26)29(30)31-38-40-41(39-31)19-21-5-10-24(47-2)11-6-21/h3-14,17,35H,15-16,18-19,33H2,1-2H3,(H3,34,36,37). The summed E-state index contributed by atoms with van der Waals surface area (Å²) in [5.74, 6) is 0.858. The molecule has 0 aliphatic carbocycles. The summed E-state index contributed by atoms with van der Waals surface area (Å²) in [7, 11) is -5.71. The average molecular weight is 704 g/mol. The molecule has 17 heteroatoms. The molecule has 2 aromatic heterocycles. The number of aromatic nitrogens is 6. The van der Waals surface area contributed by atoms with Crippen LogP contribution in [0.5, 0.6) is 11.5 Å². The highest BCUT2D eigenvalue weighted by Crippen LogP contribution is 2.40. The van der Waals surface area contributed by atoms with Crippen molar-refractivity contribution in [2.24, 2.45) is 5.73 Å². The maximum atomic E-state index is 14.4. The summed E-state index contributed by atoms with van der Waals surface area (Å²) in [5, 5.41) is 13.0. The van der Waals surface area contributed by atoms with Gasteiger partial charge in [-0.3, -0.25) is 0 Å². The molecule has 6 rings (SSSR count). The Morgan fingerprint density at radius 3 is 2.20 bits per heavy atom. The summed E-state index contributed by atoms with van der Waals surface area (Å²) in [6.07, 6.45) is 0. The van der Waals surface area contributed by atoms with Crippen molar-refractivity contribution < 1.29 is 26.3 Å². The number of fused-ring (bicyclic) bond motifs is 1. The Labute approximate surface area is 282 Å². The average Bonchev–Trinajstić information content (AvgIpc) is 3.72. The number of nitrogens with one attached hydrogen (secondary N) is 2. The highest BCUT2D eigenvalue weighted by atomic mass is 32.2. The predicted molar refractivity (Wildman–Crippen MR) is 183 cm³/mol. The number of imidazole rings is 1. The summed E-state index contributed by atoms with van der Waals surface area (Å²) in [4.78, 5) is 7.53. The first-order chi connectivity index (χ1) is 23.5. The van der Waals surface area contributed by atoms with E-state index < -0.39 is 35.4 Å². The molecule has 0 radical (unpaired) electrons. The number of tetrazole rings is 1. The summed E-state index contributed by atoms with van der Waals surface area (Å²) in [6, 6.07) is 22.0. The van der Waals surface area contributed by atoms with Crippen LogP contribution < -0.4 is 25.7 Å². The second-order valence-electron chi connectivity index (χ2n) is 10.9. The smallest absolute Gasteiger partial charge is 0.242 e. The predicted octanol–water partition coefficient (Wildman–Crippen LogP) is 2.74. The molecule has 0 atom stereocenters. The molecular weight excluding hydrogens is 671 g/mol. The molecule has 6 N–H and O–H groups in total. The Balaban J connectivity index is 1.55. The number of sulfonamides is 1. The van der Waals surface area contributed by atoms with Crippen LogP contribution in [0.15, 0.2) is 88.7 Å². The number of methoxy groups -OCH3 is 2. The maximum absolute atomic E-state index is 14.4. The van der Waals surface area contributed by atoms with Gasteiger partial charge in [0.05, 0.1) is 48.0 Å². The molecule has 15 nitrogen and oxygen atoms in total. The van der Waals surface area contributed by atoms with Crippen LogP contribution in [-0.4, -0.2) is 73.5 Å². The number of nitrogens with zero attached hydrogens (tertiary/aromatic N) is 5. The Morgan fingerprint density at radius 1 is 0.878 bits per heavy atom. The zero-order valence-corrected chi connectivity index (χ0v) is 28.1. The largest absolute Gasteiger partial charge is 0.497 e. The van der Waals surface area contributed by atoms with E-state index in [1.807, 2.05) is 12.1 Å². The summed E-state index contributed by atoms with van der Waals surface area (Å²) in [6.45, 7) is -0.190. The van der Waals surface area contributed by atoms with Crippen LogP contribution in [0.1, 0.15) is 11.1 Å². The quantitative estimate of drug-likeness (QED) is 0.136. The normalized spacial score (nSPS) is 12.0. The number of hydrogen-bond donors (Lipinski definition) is 4. The fourth-order valence-electron chi connectivity index (χ4n) is 5.30. The molecule has 254 valence electrons. The number of ether oxygens (including phenoxy) is 2. The number of sulfone groups is 1. The minimum Gasteiger partial charge on any atom is -0.497 e. The van der Waals surface area contributed by atoms with E-state index in [4.69, 9.17) is 20.9 Å². The van der Waals surface area contributed by atoms with E-state index in [0.717, 1.165) is 5.56 Å². The van der Waals surface area contributed by atoms with Crippen molar-refractivity contribution in [1.82, 2.24) is 34.9 Å². The van der Waals surface area contributed by atoms with Gasteiger partial charge in [0.15, 0.2) is 15.8 Å². The van der Waals surface area contributed by atoms with Crippen molar-refractivity contribution >= 4 is 36.8 Å². The van der Waals surface area contributed by atoms with Gasteiger partial charge in [0.1, 0.15) is 16.4 Å². The van der Waals surface area contributed by atoms with Gasteiger partial charge in [-0.1, -0.05) is 36.4 Å². The Hall–Kier alpha value is -5.36. The van der Waals surface area contributed by atoms with Gasteiger partial charge in [-0.05, 0) is 69.9 Å². The van der Waals surface area contributed by atoms with Gasteiger partial charge >= 0.3 is 0 Å². The van der Waals surface area contributed by atoms with Crippen molar-refractivity contribution in [3.05, 3.63) is 90.0 Å². The van der Waals surface area contributed by atoms with Crippen molar-refractivity contribution in [1.29, 1.82) is 0 Å². The minimum atomic E-state index is -4.58. The van der Waals surface area contributed by atoms with Crippen molar-refractivity contribution in [2.75, 3.05) is 32.3 Å². The summed E-state index contributed by atoms with van der Waals surface area (Å²) in [5.41, 5.74) is 14.9. The first-order valence-electron chi connectivity index (χ1n) is 14.9. The molecule has 0 amide bonds. The Kier molecular flexibility index (Phi) is 9.33. The molecule has 0 aliphatic heterocycles. The number of rotatable bonds is 13. The van der Waals surface area contributed by atoms with Gasteiger partial charge in [0.2, 0.25) is 15.8 Å². The van der Waals surface area contributed by atoms with Gasteiger partial charge < -0.3 is 25.9 Å². The molecule has 0 unspecified atom stereocenters. The number of anilines is 1. The van der Waals surface area contributed by atoms with Gasteiger partial charge in [-0.2, -0.15) is 4.80 Å². The second-order valence-corrected chi connectivity index (χ2v) is 14.7. The van der Waals surface area contributed by atoms with Crippen LogP contribution in [-0.2, 0) is 33.0 Å². The number of aromatic amines is 1. The zero-order valence-electron chi connectivity index (χ0n) is 26.5. The van der Waals surface area contributed by atoms with Gasteiger partial charge in [0.25, 0.3) is 0 Å². The molecule has 4 aromatic carbocycles.